The van der Waals surface area contributed by atoms with Crippen molar-refractivity contribution >= 4 is 31.7 Å². The summed E-state index contributed by atoms with van der Waals surface area (Å²) in [5, 5.41) is 3.63. The van der Waals surface area contributed by atoms with Crippen molar-refractivity contribution in [3.63, 3.8) is 0 Å². The maximum atomic E-state index is 5.77. The van der Waals surface area contributed by atoms with E-state index < -0.39 is 0 Å². The molecule has 0 radical (unpaired) electrons. The van der Waals surface area contributed by atoms with Gasteiger partial charge in [0.15, 0.2) is 0 Å². The zero-order valence-corrected chi connectivity index (χ0v) is 12.9. The van der Waals surface area contributed by atoms with Crippen LogP contribution in [-0.2, 0) is 9.47 Å². The summed E-state index contributed by atoms with van der Waals surface area (Å²) in [5.74, 6) is -0.278. The van der Waals surface area contributed by atoms with E-state index in [2.05, 4.69) is 25.4 Å². The number of hydrogen-bond donors (Lipinski definition) is 1. The van der Waals surface area contributed by atoms with Gasteiger partial charge in [-0.1, -0.05) is 0 Å². The monoisotopic (exact) mass is 339 g/mol. The minimum atomic E-state index is -0.278. The third-order valence-corrected chi connectivity index (χ3v) is 5.34. The molecule has 2 aromatic rings. The van der Waals surface area contributed by atoms with Crippen LogP contribution in [-0.4, -0.2) is 48.0 Å². The van der Waals surface area contributed by atoms with Gasteiger partial charge in [-0.2, -0.15) is 0 Å². The Labute approximate surface area is 123 Å². The van der Waals surface area contributed by atoms with Gasteiger partial charge in [-0.3, -0.25) is 0 Å². The standard InChI is InChI=1S/C14H17N3O2Se/c1-2-11(13-12(3-1)16-20-17-13)15-10-4-6-14(7-5-10)18-8-9-19-14/h1-3,10,15H,4-9H2. The van der Waals surface area contributed by atoms with E-state index in [1.807, 2.05) is 6.07 Å². The first-order chi connectivity index (χ1) is 9.85. The molecule has 1 aliphatic heterocycles. The van der Waals surface area contributed by atoms with Crippen molar-refractivity contribution in [1.82, 2.24) is 7.96 Å². The minimum absolute atomic E-state index is 0.0300. The molecule has 1 aromatic carbocycles. The molecule has 0 unspecified atom stereocenters. The second kappa shape index (κ2) is 5.11. The average molecular weight is 338 g/mol. The number of fused-ring (bicyclic) bond motifs is 1. The Morgan fingerprint density at radius 2 is 1.95 bits per heavy atom. The van der Waals surface area contributed by atoms with E-state index >= 15 is 0 Å². The van der Waals surface area contributed by atoms with E-state index in [9.17, 15) is 0 Å². The summed E-state index contributed by atoms with van der Waals surface area (Å²) in [6.45, 7) is 1.49. The van der Waals surface area contributed by atoms with Gasteiger partial charge in [0.2, 0.25) is 0 Å². The van der Waals surface area contributed by atoms with Crippen LogP contribution in [0.2, 0.25) is 0 Å². The Bertz CT molecular complexity index is 599. The predicted molar refractivity (Wildman–Crippen MR) is 77.0 cm³/mol. The summed E-state index contributed by atoms with van der Waals surface area (Å²) in [7, 11) is 0. The van der Waals surface area contributed by atoms with Crippen LogP contribution >= 0.6 is 0 Å². The summed E-state index contributed by atoms with van der Waals surface area (Å²) in [4.78, 5) is 0. The molecule has 106 valence electrons. The van der Waals surface area contributed by atoms with Crippen LogP contribution in [0.1, 0.15) is 25.7 Å². The molecular weight excluding hydrogens is 321 g/mol. The van der Waals surface area contributed by atoms with Gasteiger partial charge in [-0.05, 0) is 0 Å². The van der Waals surface area contributed by atoms with E-state index in [-0.39, 0.29) is 20.7 Å². The number of rotatable bonds is 2. The summed E-state index contributed by atoms with van der Waals surface area (Å²) in [5.41, 5.74) is 3.20. The second-order valence-corrected chi connectivity index (χ2v) is 6.57. The van der Waals surface area contributed by atoms with Crippen LogP contribution in [0.3, 0.4) is 0 Å². The van der Waals surface area contributed by atoms with Gasteiger partial charge >= 0.3 is 123 Å². The molecule has 1 saturated carbocycles. The SMILES string of the molecule is c1cc(NC2CCC3(CC2)OCCO3)c2n[se]nc2c1. The Balaban J connectivity index is 1.46. The fourth-order valence-electron chi connectivity index (χ4n) is 3.13. The number of anilines is 1. The van der Waals surface area contributed by atoms with Crippen LogP contribution in [0.25, 0.3) is 11.0 Å². The molecule has 2 heterocycles. The number of ether oxygens (including phenoxy) is 2. The molecule has 2 fully saturated rings. The molecule has 0 amide bonds. The van der Waals surface area contributed by atoms with Crippen LogP contribution in [0.5, 0.6) is 0 Å². The van der Waals surface area contributed by atoms with Gasteiger partial charge in [-0.15, -0.1) is 0 Å². The number of nitrogens with zero attached hydrogens (tertiary/aromatic N) is 2. The summed E-state index contributed by atoms with van der Waals surface area (Å²) in [6, 6.07) is 6.67. The molecule has 20 heavy (non-hydrogen) atoms. The van der Waals surface area contributed by atoms with Crippen molar-refractivity contribution < 1.29 is 9.47 Å². The number of aromatic nitrogens is 2. The topological polar surface area (TPSA) is 56.3 Å². The van der Waals surface area contributed by atoms with E-state index in [0.717, 1.165) is 55.6 Å². The average Bonchev–Trinajstić information content (AvgIpc) is 3.12. The molecule has 4 rings (SSSR count). The fourth-order valence-corrected chi connectivity index (χ4v) is 4.28. The van der Waals surface area contributed by atoms with Crippen molar-refractivity contribution in [1.29, 1.82) is 0 Å². The first-order valence-corrected chi connectivity index (χ1v) is 8.64. The van der Waals surface area contributed by atoms with Gasteiger partial charge in [-0.25, -0.2) is 0 Å². The quantitative estimate of drug-likeness (QED) is 0.846. The van der Waals surface area contributed by atoms with E-state index in [1.54, 1.807) is 0 Å². The van der Waals surface area contributed by atoms with E-state index in [0.29, 0.717) is 6.04 Å². The van der Waals surface area contributed by atoms with Gasteiger partial charge in [0.25, 0.3) is 0 Å². The van der Waals surface area contributed by atoms with Crippen LogP contribution in [0.15, 0.2) is 18.2 Å². The first kappa shape index (κ1) is 12.8. The Morgan fingerprint density at radius 3 is 2.75 bits per heavy atom. The van der Waals surface area contributed by atoms with Crippen LogP contribution < -0.4 is 5.32 Å². The fraction of sp³-hybridized carbons (Fsp3) is 0.571. The molecular formula is C14H17N3O2Se. The van der Waals surface area contributed by atoms with Gasteiger partial charge in [0.1, 0.15) is 0 Å². The summed E-state index contributed by atoms with van der Waals surface area (Å²) in [6.07, 6.45) is 4.11. The van der Waals surface area contributed by atoms with E-state index in [4.69, 9.17) is 9.47 Å². The molecule has 1 N–H and O–H groups in total. The molecule has 1 aliphatic carbocycles. The molecule has 6 heteroatoms. The Morgan fingerprint density at radius 1 is 1.15 bits per heavy atom. The van der Waals surface area contributed by atoms with E-state index in [1.165, 1.54) is 0 Å². The third-order valence-electron chi connectivity index (χ3n) is 4.21. The number of hydrogen-bond acceptors (Lipinski definition) is 5. The Kier molecular flexibility index (Phi) is 3.27. The van der Waals surface area contributed by atoms with Crippen molar-refractivity contribution in [2.45, 2.75) is 37.5 Å². The molecule has 2 aliphatic rings. The van der Waals surface area contributed by atoms with Gasteiger partial charge in [0.05, 0.1) is 0 Å². The van der Waals surface area contributed by atoms with Crippen molar-refractivity contribution in [2.24, 2.45) is 0 Å². The van der Waals surface area contributed by atoms with Crippen LogP contribution in [0, 0.1) is 0 Å². The van der Waals surface area contributed by atoms with Crippen molar-refractivity contribution in [3.05, 3.63) is 18.2 Å². The predicted octanol–water partition coefficient (Wildman–Crippen LogP) is 1.78. The third kappa shape index (κ3) is 2.27. The number of benzene rings is 1. The van der Waals surface area contributed by atoms with Crippen molar-refractivity contribution in [3.8, 4) is 0 Å². The van der Waals surface area contributed by atoms with Crippen LogP contribution in [0.4, 0.5) is 5.69 Å². The zero-order chi connectivity index (χ0) is 13.4. The molecule has 1 saturated heterocycles. The van der Waals surface area contributed by atoms with Gasteiger partial charge in [0, 0.05) is 0 Å². The molecule has 1 aromatic heterocycles. The summed E-state index contributed by atoms with van der Waals surface area (Å²) >= 11 is 0.0300. The maximum absolute atomic E-state index is 5.77. The second-order valence-electron chi connectivity index (χ2n) is 5.46. The molecule has 5 nitrogen and oxygen atoms in total. The van der Waals surface area contributed by atoms with Crippen molar-refractivity contribution in [2.75, 3.05) is 18.5 Å². The van der Waals surface area contributed by atoms with Gasteiger partial charge < -0.3 is 0 Å². The molecule has 0 bridgehead atoms. The zero-order valence-electron chi connectivity index (χ0n) is 11.2. The normalized spacial score (nSPS) is 22.6. The summed E-state index contributed by atoms with van der Waals surface area (Å²) < 4.78 is 20.5. The molecule has 1 spiro atoms. The molecule has 0 atom stereocenters. The Hall–Kier alpha value is -0.941. The first-order valence-electron chi connectivity index (χ1n) is 7.10. The number of nitrogens with one attached hydrogen (secondary N) is 1.